The molecule has 1 aromatic carbocycles. The number of hydrogen-bond donors (Lipinski definition) is 1. The number of esters is 1. The Morgan fingerprint density at radius 2 is 2.22 bits per heavy atom. The van der Waals surface area contributed by atoms with Gasteiger partial charge in [-0.25, -0.2) is 4.79 Å². The van der Waals surface area contributed by atoms with Crippen LogP contribution in [-0.2, 0) is 9.47 Å². The number of morpholine rings is 1. The number of hydrogen-bond acceptors (Lipinski definition) is 5. The Hall–Kier alpha value is -0.833. The second kappa shape index (κ2) is 7.57. The normalized spacial score (nSPS) is 19.9. The van der Waals surface area contributed by atoms with Crippen LogP contribution in [0.2, 0.25) is 0 Å². The van der Waals surface area contributed by atoms with Crippen LogP contribution in [0, 0.1) is 0 Å². The number of ether oxygens (including phenoxy) is 2. The Kier molecular flexibility index (Phi) is 6.40. The molecule has 5 nitrogen and oxygen atoms in total. The summed E-state index contributed by atoms with van der Waals surface area (Å²) in [6.07, 6.45) is -0.292. The van der Waals surface area contributed by atoms with E-state index in [-0.39, 0.29) is 39.2 Å². The fourth-order valence-corrected chi connectivity index (χ4v) is 1.66. The van der Waals surface area contributed by atoms with E-state index >= 15 is 0 Å². The molecule has 2 N–H and O–H groups in total. The minimum absolute atomic E-state index is 0. The van der Waals surface area contributed by atoms with Crippen molar-refractivity contribution >= 4 is 5.97 Å². The van der Waals surface area contributed by atoms with Gasteiger partial charge in [0.25, 0.3) is 0 Å². The quantitative estimate of drug-likeness (QED) is 0.472. The molecule has 1 heterocycles. The third-order valence-corrected chi connectivity index (χ3v) is 2.57. The maximum absolute atomic E-state index is 11.7. The van der Waals surface area contributed by atoms with Crippen LogP contribution in [-0.4, -0.2) is 43.5 Å². The van der Waals surface area contributed by atoms with E-state index in [2.05, 4.69) is 0 Å². The van der Waals surface area contributed by atoms with Gasteiger partial charge < -0.3 is 16.6 Å². The largest absolute Gasteiger partial charge is 1.00 e. The van der Waals surface area contributed by atoms with Crippen LogP contribution >= 0.6 is 0 Å². The molecular weight excluding hydrogens is 227 g/mol. The molecule has 1 aliphatic heterocycles. The molecule has 0 bridgehead atoms. The van der Waals surface area contributed by atoms with Gasteiger partial charge in [0.1, 0.15) is 13.0 Å². The van der Waals surface area contributed by atoms with E-state index in [1.54, 1.807) is 24.3 Å². The summed E-state index contributed by atoms with van der Waals surface area (Å²) in [5, 5.41) is 0. The van der Waals surface area contributed by atoms with Crippen molar-refractivity contribution in [3.05, 3.63) is 35.9 Å². The molecule has 1 unspecified atom stereocenters. The average Bonchev–Trinajstić information content (AvgIpc) is 2.37. The Bertz CT molecular complexity index is 380. The summed E-state index contributed by atoms with van der Waals surface area (Å²) in [5.74, 6) is -0.314. The first-order chi connectivity index (χ1) is 8.25. The van der Waals surface area contributed by atoms with Gasteiger partial charge in [-0.2, -0.15) is 0 Å². The van der Waals surface area contributed by atoms with Gasteiger partial charge in [0.05, 0.1) is 12.2 Å². The number of nitrogens with two attached hydrogens (primary N) is 1. The molecule has 1 aliphatic rings. The molecule has 2 rings (SSSR count). The van der Waals surface area contributed by atoms with Crippen molar-refractivity contribution in [3.63, 3.8) is 0 Å². The topological polar surface area (TPSA) is 64.8 Å². The summed E-state index contributed by atoms with van der Waals surface area (Å²) < 4.78 is 10.4. The monoisotopic (exact) mass is 244 g/mol. The maximum Gasteiger partial charge on any atom is 1.00 e. The number of carbonyl (C=O) groups excluding carboxylic acids is 1. The summed E-state index contributed by atoms with van der Waals surface area (Å²) in [6, 6.07) is 8.93. The predicted octanol–water partition coefficient (Wildman–Crippen LogP) is -2.47. The molecule has 6 heteroatoms. The number of rotatable bonds is 3. The first-order valence-corrected chi connectivity index (χ1v) is 5.57. The second-order valence-electron chi connectivity index (χ2n) is 3.91. The number of carbonyl (C=O) groups is 1. The Morgan fingerprint density at radius 1 is 1.50 bits per heavy atom. The van der Waals surface area contributed by atoms with E-state index in [4.69, 9.17) is 15.2 Å². The minimum atomic E-state index is -0.314. The first kappa shape index (κ1) is 15.2. The second-order valence-corrected chi connectivity index (χ2v) is 3.91. The summed E-state index contributed by atoms with van der Waals surface area (Å²) >= 11 is 0. The molecule has 0 aromatic heterocycles. The molecule has 94 valence electrons. The van der Waals surface area contributed by atoms with Crippen LogP contribution < -0.4 is 24.6 Å². The number of benzene rings is 1. The summed E-state index contributed by atoms with van der Waals surface area (Å²) in [5.41, 5.74) is 6.20. The summed E-state index contributed by atoms with van der Waals surface area (Å²) in [7, 11) is 0. The van der Waals surface area contributed by atoms with Crippen molar-refractivity contribution in [1.82, 2.24) is 4.90 Å². The van der Waals surface area contributed by atoms with Crippen molar-refractivity contribution < 1.29 is 34.6 Å². The molecule has 1 atom stereocenters. The Balaban J connectivity index is 0.00000162. The first-order valence-electron chi connectivity index (χ1n) is 5.57. The molecular formula is C12H17LiN2O3. The van der Waals surface area contributed by atoms with Gasteiger partial charge in [0.15, 0.2) is 0 Å². The molecule has 0 amide bonds. The molecule has 1 aromatic rings. The van der Waals surface area contributed by atoms with Crippen LogP contribution in [0.1, 0.15) is 11.8 Å². The van der Waals surface area contributed by atoms with Crippen LogP contribution in [0.3, 0.4) is 0 Å². The zero-order chi connectivity index (χ0) is 12.1. The standard InChI is InChI=1S/C12H16N2O3.Li.H/c13-11-8-14(6-7-16-11)9-17-12(15)10-4-2-1-3-5-10;;/h1-5,11H,6-9,13H2;;/q;+1;-1. The average molecular weight is 244 g/mol. The fourth-order valence-electron chi connectivity index (χ4n) is 1.66. The maximum atomic E-state index is 11.7. The van der Waals surface area contributed by atoms with Gasteiger partial charge in [-0.1, -0.05) is 18.2 Å². The van der Waals surface area contributed by atoms with Gasteiger partial charge in [0, 0.05) is 13.1 Å². The van der Waals surface area contributed by atoms with Crippen molar-refractivity contribution in [2.75, 3.05) is 26.4 Å². The smallest absolute Gasteiger partial charge is 1.00 e. The summed E-state index contributed by atoms with van der Waals surface area (Å²) in [4.78, 5) is 13.6. The van der Waals surface area contributed by atoms with Crippen LogP contribution in [0.25, 0.3) is 0 Å². The third-order valence-electron chi connectivity index (χ3n) is 2.57. The van der Waals surface area contributed by atoms with Crippen LogP contribution in [0.5, 0.6) is 0 Å². The predicted molar refractivity (Wildman–Crippen MR) is 63.3 cm³/mol. The molecule has 0 saturated carbocycles. The van der Waals surface area contributed by atoms with Crippen molar-refractivity contribution in [2.45, 2.75) is 6.23 Å². The van der Waals surface area contributed by atoms with Gasteiger partial charge in [-0.15, -0.1) is 0 Å². The van der Waals surface area contributed by atoms with Gasteiger partial charge >= 0.3 is 24.8 Å². The van der Waals surface area contributed by atoms with E-state index in [9.17, 15) is 4.79 Å². The molecule has 18 heavy (non-hydrogen) atoms. The van der Waals surface area contributed by atoms with Gasteiger partial charge in [-0.05, 0) is 12.1 Å². The minimum Gasteiger partial charge on any atom is -1.00 e. The zero-order valence-electron chi connectivity index (χ0n) is 11.5. The van der Waals surface area contributed by atoms with E-state index in [0.29, 0.717) is 18.7 Å². The third kappa shape index (κ3) is 4.45. The van der Waals surface area contributed by atoms with Crippen LogP contribution in [0.4, 0.5) is 0 Å². The molecule has 0 spiro atoms. The van der Waals surface area contributed by atoms with Crippen molar-refractivity contribution in [3.8, 4) is 0 Å². The van der Waals surface area contributed by atoms with E-state index in [1.807, 2.05) is 11.0 Å². The van der Waals surface area contributed by atoms with E-state index in [0.717, 1.165) is 6.54 Å². The SMILES string of the molecule is NC1CN(COC(=O)c2ccccc2)CCO1.[H-].[Li+]. The Morgan fingerprint density at radius 3 is 2.89 bits per heavy atom. The van der Waals surface area contributed by atoms with Gasteiger partial charge in [-0.3, -0.25) is 4.90 Å². The molecule has 0 aliphatic carbocycles. The molecule has 1 saturated heterocycles. The molecule has 1 fully saturated rings. The summed E-state index contributed by atoms with van der Waals surface area (Å²) in [6.45, 7) is 2.15. The number of nitrogens with zero attached hydrogens (tertiary/aromatic N) is 1. The van der Waals surface area contributed by atoms with Crippen molar-refractivity contribution in [1.29, 1.82) is 0 Å². The zero-order valence-corrected chi connectivity index (χ0v) is 10.5. The van der Waals surface area contributed by atoms with Crippen molar-refractivity contribution in [2.24, 2.45) is 5.73 Å². The van der Waals surface area contributed by atoms with E-state index < -0.39 is 0 Å². The fraction of sp³-hybridized carbons (Fsp3) is 0.417. The van der Waals surface area contributed by atoms with Gasteiger partial charge in [0.2, 0.25) is 0 Å². The van der Waals surface area contributed by atoms with E-state index in [1.165, 1.54) is 0 Å². The van der Waals surface area contributed by atoms with Crippen LogP contribution in [0.15, 0.2) is 30.3 Å². The Labute approximate surface area is 120 Å². The molecule has 0 radical (unpaired) electrons.